The standard InChI is InChI=1S/C23H22N4O4S/c24-11-13-27(16-6-2-1-3-7-16)19(28)14-31-20(29)10-12-26-15-25-22-21(23(26)30)17-8-4-5-9-18(17)32-22/h1-3,6-7,15H,4-5,8-10,12-14H2. The van der Waals surface area contributed by atoms with Gasteiger partial charge in [0.2, 0.25) is 0 Å². The number of carbonyl (C=O) groups excluding carboxylic acids is 2. The largest absolute Gasteiger partial charge is 0.455 e. The number of anilines is 1. The van der Waals surface area contributed by atoms with E-state index in [2.05, 4.69) is 4.98 Å². The number of fused-ring (bicyclic) bond motifs is 3. The molecule has 1 amide bonds. The molecule has 0 radical (unpaired) electrons. The molecule has 0 unspecified atom stereocenters. The Balaban J connectivity index is 1.37. The van der Waals surface area contributed by atoms with Gasteiger partial charge in [0.05, 0.1) is 24.2 Å². The number of rotatable bonds is 7. The summed E-state index contributed by atoms with van der Waals surface area (Å²) in [6, 6.07) is 10.7. The molecule has 32 heavy (non-hydrogen) atoms. The van der Waals surface area contributed by atoms with Crippen molar-refractivity contribution in [3.05, 3.63) is 57.5 Å². The number of nitrogens with zero attached hydrogens (tertiary/aromatic N) is 4. The Morgan fingerprint density at radius 3 is 2.78 bits per heavy atom. The van der Waals surface area contributed by atoms with E-state index in [-0.39, 0.29) is 25.1 Å². The lowest BCUT2D eigenvalue weighted by atomic mass is 9.97. The number of thiophene rings is 1. The number of aryl methyl sites for hydroxylation is 3. The van der Waals surface area contributed by atoms with Crippen LogP contribution in [0.25, 0.3) is 10.2 Å². The van der Waals surface area contributed by atoms with E-state index in [0.29, 0.717) is 11.1 Å². The fourth-order valence-electron chi connectivity index (χ4n) is 3.85. The first-order valence-electron chi connectivity index (χ1n) is 10.5. The molecule has 0 saturated heterocycles. The lowest BCUT2D eigenvalue weighted by molar-refractivity contribution is -0.148. The molecule has 0 N–H and O–H groups in total. The van der Waals surface area contributed by atoms with Crippen LogP contribution >= 0.6 is 11.3 Å². The first-order valence-corrected chi connectivity index (χ1v) is 11.3. The van der Waals surface area contributed by atoms with Crippen LogP contribution < -0.4 is 10.5 Å². The number of esters is 1. The zero-order chi connectivity index (χ0) is 22.5. The summed E-state index contributed by atoms with van der Waals surface area (Å²) in [5.41, 5.74) is 1.53. The number of amides is 1. The van der Waals surface area contributed by atoms with Gasteiger partial charge in [-0.2, -0.15) is 5.26 Å². The number of carbonyl (C=O) groups is 2. The number of ether oxygens (including phenoxy) is 1. The van der Waals surface area contributed by atoms with E-state index < -0.39 is 18.5 Å². The van der Waals surface area contributed by atoms with Crippen molar-refractivity contribution < 1.29 is 14.3 Å². The van der Waals surface area contributed by atoms with Crippen molar-refractivity contribution in [2.75, 3.05) is 18.1 Å². The number of aromatic nitrogens is 2. The normalized spacial score (nSPS) is 12.7. The molecule has 0 spiro atoms. The Labute approximate surface area is 188 Å². The van der Waals surface area contributed by atoms with Crippen molar-refractivity contribution in [3.8, 4) is 6.07 Å². The molecule has 0 fully saturated rings. The molecule has 2 aromatic heterocycles. The molecule has 1 aliphatic rings. The van der Waals surface area contributed by atoms with Crippen LogP contribution in [0.5, 0.6) is 0 Å². The third-order valence-electron chi connectivity index (χ3n) is 5.45. The Morgan fingerprint density at radius 2 is 2.00 bits per heavy atom. The van der Waals surface area contributed by atoms with E-state index in [1.807, 2.05) is 6.07 Å². The fourth-order valence-corrected chi connectivity index (χ4v) is 5.07. The lowest BCUT2D eigenvalue weighted by Gasteiger charge is -2.19. The van der Waals surface area contributed by atoms with E-state index in [1.54, 1.807) is 41.7 Å². The van der Waals surface area contributed by atoms with Gasteiger partial charge in [-0.3, -0.25) is 23.9 Å². The van der Waals surface area contributed by atoms with Crippen LogP contribution in [0.1, 0.15) is 29.7 Å². The van der Waals surface area contributed by atoms with Crippen LogP contribution in [0.2, 0.25) is 0 Å². The minimum absolute atomic E-state index is 0.0592. The lowest BCUT2D eigenvalue weighted by Crippen LogP contribution is -2.35. The van der Waals surface area contributed by atoms with Gasteiger partial charge in [-0.25, -0.2) is 4.98 Å². The monoisotopic (exact) mass is 450 g/mol. The smallest absolute Gasteiger partial charge is 0.308 e. The summed E-state index contributed by atoms with van der Waals surface area (Å²) in [6.45, 7) is -0.494. The van der Waals surface area contributed by atoms with Crippen LogP contribution in [0.3, 0.4) is 0 Å². The summed E-state index contributed by atoms with van der Waals surface area (Å²) in [4.78, 5) is 45.3. The zero-order valence-corrected chi connectivity index (χ0v) is 18.3. The molecular formula is C23H22N4O4S. The van der Waals surface area contributed by atoms with Gasteiger partial charge < -0.3 is 4.74 Å². The molecule has 0 bridgehead atoms. The highest BCUT2D eigenvalue weighted by Gasteiger charge is 2.21. The van der Waals surface area contributed by atoms with Crippen LogP contribution in [0, 0.1) is 11.3 Å². The average Bonchev–Trinajstić information content (AvgIpc) is 3.20. The van der Waals surface area contributed by atoms with Crippen LogP contribution in [0.15, 0.2) is 41.5 Å². The maximum Gasteiger partial charge on any atom is 0.308 e. The molecule has 0 atom stereocenters. The molecule has 9 heteroatoms. The molecule has 0 aliphatic heterocycles. The molecule has 1 aromatic carbocycles. The van der Waals surface area contributed by atoms with Crippen LogP contribution in [0.4, 0.5) is 5.69 Å². The van der Waals surface area contributed by atoms with Crippen LogP contribution in [-0.4, -0.2) is 34.6 Å². The maximum atomic E-state index is 12.9. The Bertz CT molecular complexity index is 1240. The fraction of sp³-hybridized carbons (Fsp3) is 0.348. The quantitative estimate of drug-likeness (QED) is 0.405. The maximum absolute atomic E-state index is 12.9. The van der Waals surface area contributed by atoms with Crippen molar-refractivity contribution in [3.63, 3.8) is 0 Å². The molecule has 0 saturated carbocycles. The molecule has 4 rings (SSSR count). The molecule has 1 aliphatic carbocycles. The first kappa shape index (κ1) is 21.7. The van der Waals surface area contributed by atoms with Crippen molar-refractivity contribution in [2.45, 2.75) is 38.6 Å². The van der Waals surface area contributed by atoms with Crippen molar-refractivity contribution in [2.24, 2.45) is 0 Å². The van der Waals surface area contributed by atoms with E-state index in [4.69, 9.17) is 10.00 Å². The van der Waals surface area contributed by atoms with Crippen molar-refractivity contribution >= 4 is 39.1 Å². The Hall–Kier alpha value is -3.51. The molecule has 2 heterocycles. The summed E-state index contributed by atoms with van der Waals surface area (Å²) >= 11 is 1.58. The van der Waals surface area contributed by atoms with Crippen LogP contribution in [-0.2, 0) is 33.7 Å². The predicted octanol–water partition coefficient (Wildman–Crippen LogP) is 2.83. The number of para-hydroxylation sites is 1. The van der Waals surface area contributed by atoms with Gasteiger partial charge in [-0.05, 0) is 43.4 Å². The molecule has 164 valence electrons. The number of benzene rings is 1. The topological polar surface area (TPSA) is 105 Å². The summed E-state index contributed by atoms with van der Waals surface area (Å²) < 4.78 is 6.53. The first-order chi connectivity index (χ1) is 15.6. The van der Waals surface area contributed by atoms with Gasteiger partial charge in [0.15, 0.2) is 6.61 Å². The number of nitriles is 1. The third-order valence-corrected chi connectivity index (χ3v) is 6.65. The van der Waals surface area contributed by atoms with E-state index in [0.717, 1.165) is 36.1 Å². The van der Waals surface area contributed by atoms with Gasteiger partial charge in [-0.15, -0.1) is 11.3 Å². The highest BCUT2D eigenvalue weighted by atomic mass is 32.1. The minimum atomic E-state index is -0.595. The van der Waals surface area contributed by atoms with Gasteiger partial charge in [0.25, 0.3) is 11.5 Å². The van der Waals surface area contributed by atoms with Gasteiger partial charge in [-0.1, -0.05) is 18.2 Å². The predicted molar refractivity (Wildman–Crippen MR) is 121 cm³/mol. The van der Waals surface area contributed by atoms with Gasteiger partial charge >= 0.3 is 5.97 Å². The Morgan fingerprint density at radius 1 is 1.22 bits per heavy atom. The molecular weight excluding hydrogens is 428 g/mol. The van der Waals surface area contributed by atoms with Crippen molar-refractivity contribution in [1.29, 1.82) is 5.26 Å². The molecule has 3 aromatic rings. The number of hydrogen-bond acceptors (Lipinski definition) is 7. The number of hydrogen-bond donors (Lipinski definition) is 0. The summed E-state index contributed by atoms with van der Waals surface area (Å²) in [5.74, 6) is -1.08. The highest BCUT2D eigenvalue weighted by Crippen LogP contribution is 2.33. The molecule has 8 nitrogen and oxygen atoms in total. The summed E-state index contributed by atoms with van der Waals surface area (Å²) in [6.07, 6.45) is 5.49. The average molecular weight is 451 g/mol. The SMILES string of the molecule is N#CCN(C(=O)COC(=O)CCn1cnc2sc3c(c2c1=O)CCCC3)c1ccccc1. The highest BCUT2D eigenvalue weighted by molar-refractivity contribution is 7.18. The zero-order valence-electron chi connectivity index (χ0n) is 17.5. The second-order valence-corrected chi connectivity index (χ2v) is 8.60. The third kappa shape index (κ3) is 4.55. The van der Waals surface area contributed by atoms with Gasteiger partial charge in [0.1, 0.15) is 11.4 Å². The summed E-state index contributed by atoms with van der Waals surface area (Å²) in [5, 5.41) is 9.68. The van der Waals surface area contributed by atoms with Crippen molar-refractivity contribution in [1.82, 2.24) is 9.55 Å². The van der Waals surface area contributed by atoms with E-state index in [9.17, 15) is 14.4 Å². The van der Waals surface area contributed by atoms with E-state index >= 15 is 0 Å². The minimum Gasteiger partial charge on any atom is -0.455 e. The Kier molecular flexibility index (Phi) is 6.61. The second-order valence-electron chi connectivity index (χ2n) is 7.52. The van der Waals surface area contributed by atoms with Gasteiger partial charge in [0, 0.05) is 17.1 Å². The summed E-state index contributed by atoms with van der Waals surface area (Å²) in [7, 11) is 0. The second kappa shape index (κ2) is 9.75. The van der Waals surface area contributed by atoms with E-state index in [1.165, 1.54) is 20.7 Å².